The standard InChI is InChI=1S/C16H24N2O3S2/c1-23(20,21)18(14-4-2-5-14)15-6-3-9-17(10-7-15)16(19)13-8-11-22-12-13/h8,11-12,14-15H,2-7,9-10H2,1H3/t15-/m0/s1. The van der Waals surface area contributed by atoms with E-state index in [-0.39, 0.29) is 18.0 Å². The third-order valence-electron chi connectivity index (χ3n) is 4.93. The molecule has 1 amide bonds. The summed E-state index contributed by atoms with van der Waals surface area (Å²) >= 11 is 1.53. The van der Waals surface area contributed by atoms with Gasteiger partial charge in [-0.05, 0) is 43.6 Å². The molecule has 0 aromatic carbocycles. The van der Waals surface area contributed by atoms with Gasteiger partial charge in [0.1, 0.15) is 0 Å². The molecule has 0 unspecified atom stereocenters. The van der Waals surface area contributed by atoms with E-state index in [9.17, 15) is 13.2 Å². The number of carbonyl (C=O) groups is 1. The second-order valence-corrected chi connectivity index (χ2v) is 9.23. The minimum atomic E-state index is -3.19. The molecule has 1 saturated carbocycles. The molecule has 23 heavy (non-hydrogen) atoms. The SMILES string of the molecule is CS(=O)(=O)N(C1CCC1)[C@H]1CCCN(C(=O)c2ccsc2)CC1. The summed E-state index contributed by atoms with van der Waals surface area (Å²) in [6.45, 7) is 1.35. The average molecular weight is 357 g/mol. The highest BCUT2D eigenvalue weighted by Gasteiger charge is 2.37. The van der Waals surface area contributed by atoms with Crippen LogP contribution >= 0.6 is 11.3 Å². The lowest BCUT2D eigenvalue weighted by Gasteiger charge is -2.40. The van der Waals surface area contributed by atoms with E-state index in [4.69, 9.17) is 0 Å². The van der Waals surface area contributed by atoms with Crippen LogP contribution in [0, 0.1) is 0 Å². The van der Waals surface area contributed by atoms with Crippen molar-refractivity contribution < 1.29 is 13.2 Å². The molecule has 3 rings (SSSR count). The quantitative estimate of drug-likeness (QED) is 0.833. The molecule has 0 radical (unpaired) electrons. The first-order valence-electron chi connectivity index (χ1n) is 8.27. The molecule has 7 heteroatoms. The fourth-order valence-electron chi connectivity index (χ4n) is 3.59. The minimum Gasteiger partial charge on any atom is -0.339 e. The molecule has 1 aliphatic carbocycles. The second kappa shape index (κ2) is 6.91. The van der Waals surface area contributed by atoms with Crippen LogP contribution in [0.2, 0.25) is 0 Å². The van der Waals surface area contributed by atoms with E-state index in [1.165, 1.54) is 17.6 Å². The molecule has 5 nitrogen and oxygen atoms in total. The van der Waals surface area contributed by atoms with Crippen LogP contribution in [0.15, 0.2) is 16.8 Å². The molecule has 0 bridgehead atoms. The van der Waals surface area contributed by atoms with Gasteiger partial charge in [0.15, 0.2) is 0 Å². The van der Waals surface area contributed by atoms with E-state index in [2.05, 4.69) is 0 Å². The van der Waals surface area contributed by atoms with Crippen molar-refractivity contribution in [1.82, 2.24) is 9.21 Å². The normalized spacial score (nSPS) is 23.6. The number of rotatable bonds is 4. The number of carbonyl (C=O) groups excluding carboxylic acids is 1. The van der Waals surface area contributed by atoms with Crippen molar-refractivity contribution in [2.45, 2.75) is 50.6 Å². The van der Waals surface area contributed by atoms with Crippen LogP contribution in [0.4, 0.5) is 0 Å². The Kier molecular flexibility index (Phi) is 5.08. The fraction of sp³-hybridized carbons (Fsp3) is 0.688. The molecule has 1 aliphatic heterocycles. The maximum atomic E-state index is 12.5. The first kappa shape index (κ1) is 16.9. The van der Waals surface area contributed by atoms with E-state index >= 15 is 0 Å². The molecule has 2 heterocycles. The molecule has 2 fully saturated rings. The summed E-state index contributed by atoms with van der Waals surface area (Å²) in [5, 5.41) is 3.79. The van der Waals surface area contributed by atoms with Crippen molar-refractivity contribution in [3.63, 3.8) is 0 Å². The van der Waals surface area contributed by atoms with Crippen LogP contribution in [0.1, 0.15) is 48.9 Å². The van der Waals surface area contributed by atoms with Crippen molar-refractivity contribution in [2.24, 2.45) is 0 Å². The molecular formula is C16H24N2O3S2. The predicted molar refractivity (Wildman–Crippen MR) is 92.2 cm³/mol. The number of thiophene rings is 1. The van der Waals surface area contributed by atoms with E-state index in [1.54, 1.807) is 4.31 Å². The summed E-state index contributed by atoms with van der Waals surface area (Å²) in [4.78, 5) is 14.4. The molecule has 1 aromatic heterocycles. The monoisotopic (exact) mass is 356 g/mol. The Hall–Kier alpha value is -0.920. The van der Waals surface area contributed by atoms with Crippen LogP contribution < -0.4 is 0 Å². The first-order valence-corrected chi connectivity index (χ1v) is 11.1. The van der Waals surface area contributed by atoms with Crippen molar-refractivity contribution in [3.05, 3.63) is 22.4 Å². The lowest BCUT2D eigenvalue weighted by Crippen LogP contribution is -2.49. The zero-order valence-electron chi connectivity index (χ0n) is 13.5. The van der Waals surface area contributed by atoms with E-state index in [0.717, 1.165) is 44.1 Å². The smallest absolute Gasteiger partial charge is 0.254 e. The molecule has 2 aliphatic rings. The van der Waals surface area contributed by atoms with Gasteiger partial charge in [-0.1, -0.05) is 6.42 Å². The Morgan fingerprint density at radius 3 is 2.43 bits per heavy atom. The van der Waals surface area contributed by atoms with E-state index in [0.29, 0.717) is 13.1 Å². The lowest BCUT2D eigenvalue weighted by molar-refractivity contribution is 0.0758. The van der Waals surface area contributed by atoms with Crippen LogP contribution in [0.25, 0.3) is 0 Å². The summed E-state index contributed by atoms with van der Waals surface area (Å²) < 4.78 is 26.2. The zero-order valence-corrected chi connectivity index (χ0v) is 15.1. The Labute approximate surface area is 142 Å². The number of nitrogens with zero attached hydrogens (tertiary/aromatic N) is 2. The highest BCUT2D eigenvalue weighted by atomic mass is 32.2. The second-order valence-electron chi connectivity index (χ2n) is 6.57. The molecule has 0 N–H and O–H groups in total. The highest BCUT2D eigenvalue weighted by Crippen LogP contribution is 2.32. The topological polar surface area (TPSA) is 57.7 Å². The minimum absolute atomic E-state index is 0.0376. The molecule has 1 atom stereocenters. The zero-order chi connectivity index (χ0) is 16.4. The summed E-state index contributed by atoms with van der Waals surface area (Å²) in [6.07, 6.45) is 6.83. The van der Waals surface area contributed by atoms with Gasteiger partial charge >= 0.3 is 0 Å². The van der Waals surface area contributed by atoms with Gasteiger partial charge in [0.25, 0.3) is 5.91 Å². The number of sulfonamides is 1. The van der Waals surface area contributed by atoms with Gasteiger partial charge in [0.05, 0.1) is 11.8 Å². The summed E-state index contributed by atoms with van der Waals surface area (Å²) in [7, 11) is -3.19. The predicted octanol–water partition coefficient (Wildman–Crippen LogP) is 2.56. The average Bonchev–Trinajstić information content (AvgIpc) is 2.86. The van der Waals surface area contributed by atoms with Crippen LogP contribution in [-0.2, 0) is 10.0 Å². The molecule has 1 saturated heterocycles. The number of hydrogen-bond acceptors (Lipinski definition) is 4. The lowest BCUT2D eigenvalue weighted by atomic mass is 9.91. The van der Waals surface area contributed by atoms with Gasteiger partial charge in [-0.15, -0.1) is 0 Å². The Morgan fingerprint density at radius 2 is 1.87 bits per heavy atom. The maximum Gasteiger partial charge on any atom is 0.254 e. The van der Waals surface area contributed by atoms with Crippen LogP contribution in [0.3, 0.4) is 0 Å². The van der Waals surface area contributed by atoms with Gasteiger partial charge in [0, 0.05) is 30.6 Å². The molecule has 0 spiro atoms. The van der Waals surface area contributed by atoms with E-state index in [1.807, 2.05) is 21.7 Å². The summed E-state index contributed by atoms with van der Waals surface area (Å²) in [5.41, 5.74) is 0.743. The third-order valence-corrected chi connectivity index (χ3v) is 6.98. The van der Waals surface area contributed by atoms with Gasteiger partial charge in [-0.2, -0.15) is 15.6 Å². The van der Waals surface area contributed by atoms with Crippen molar-refractivity contribution >= 4 is 27.3 Å². The number of amides is 1. The van der Waals surface area contributed by atoms with Crippen molar-refractivity contribution in [1.29, 1.82) is 0 Å². The summed E-state index contributed by atoms with van der Waals surface area (Å²) in [6, 6.07) is 2.07. The van der Waals surface area contributed by atoms with Gasteiger partial charge in [-0.3, -0.25) is 4.79 Å². The number of hydrogen-bond donors (Lipinski definition) is 0. The highest BCUT2D eigenvalue weighted by molar-refractivity contribution is 7.88. The molecule has 128 valence electrons. The van der Waals surface area contributed by atoms with Gasteiger partial charge in [0.2, 0.25) is 10.0 Å². The molecular weight excluding hydrogens is 332 g/mol. The summed E-state index contributed by atoms with van der Waals surface area (Å²) in [5.74, 6) is 0.0708. The van der Waals surface area contributed by atoms with Gasteiger partial charge < -0.3 is 4.90 Å². The number of likely N-dealkylation sites (tertiary alicyclic amines) is 1. The largest absolute Gasteiger partial charge is 0.339 e. The third kappa shape index (κ3) is 3.78. The maximum absolute atomic E-state index is 12.5. The van der Waals surface area contributed by atoms with Crippen LogP contribution in [-0.4, -0.2) is 55.0 Å². The van der Waals surface area contributed by atoms with Crippen molar-refractivity contribution in [3.8, 4) is 0 Å². The molecule has 1 aromatic rings. The Morgan fingerprint density at radius 1 is 1.17 bits per heavy atom. The Balaban J connectivity index is 1.69. The van der Waals surface area contributed by atoms with Crippen LogP contribution in [0.5, 0.6) is 0 Å². The van der Waals surface area contributed by atoms with Gasteiger partial charge in [-0.25, -0.2) is 8.42 Å². The van der Waals surface area contributed by atoms with Crippen molar-refractivity contribution in [2.75, 3.05) is 19.3 Å². The van der Waals surface area contributed by atoms with E-state index < -0.39 is 10.0 Å². The Bertz CT molecular complexity index is 638. The fourth-order valence-corrected chi connectivity index (χ4v) is 5.72. The first-order chi connectivity index (χ1) is 11.0.